The number of halogens is 4. The van der Waals surface area contributed by atoms with Crippen molar-refractivity contribution >= 4 is 15.9 Å². The molecule has 0 saturated heterocycles. The van der Waals surface area contributed by atoms with Gasteiger partial charge in [-0.15, -0.1) is 0 Å². The first kappa shape index (κ1) is 8.37. The molecule has 0 nitrogen and oxygen atoms in total. The molecular weight excluding hydrogens is 209 g/mol. The first-order valence-electron chi connectivity index (χ1n) is 3.14. The van der Waals surface area contributed by atoms with Crippen LogP contribution in [0.2, 0.25) is 0 Å². The van der Waals surface area contributed by atoms with Gasteiger partial charge in [-0.3, -0.25) is 0 Å². The molecule has 0 heterocycles. The zero-order valence-electron chi connectivity index (χ0n) is 5.34. The number of hydrogen-bond donors (Lipinski definition) is 0. The fourth-order valence-corrected chi connectivity index (χ4v) is 1.77. The van der Waals surface area contributed by atoms with E-state index in [2.05, 4.69) is 15.9 Å². The molecule has 0 atom stereocenters. The third-order valence-corrected chi connectivity index (χ3v) is 2.42. The van der Waals surface area contributed by atoms with Crippen LogP contribution in [0.5, 0.6) is 0 Å². The van der Waals surface area contributed by atoms with Gasteiger partial charge in [0.25, 0.3) is 0 Å². The maximum Gasteiger partial charge on any atom is 0.394 e. The van der Waals surface area contributed by atoms with Crippen molar-refractivity contribution in [3.8, 4) is 0 Å². The molecular formula is C6H8BrF3. The molecule has 0 aromatic heterocycles. The van der Waals surface area contributed by atoms with Crippen LogP contribution in [0.3, 0.4) is 0 Å². The molecule has 0 bridgehead atoms. The molecule has 1 aliphatic carbocycles. The van der Waals surface area contributed by atoms with Gasteiger partial charge in [0, 0.05) is 5.33 Å². The fraction of sp³-hybridized carbons (Fsp3) is 1.00. The second kappa shape index (κ2) is 2.40. The third kappa shape index (κ3) is 1.31. The summed E-state index contributed by atoms with van der Waals surface area (Å²) in [5.74, 6) is 0. The van der Waals surface area contributed by atoms with E-state index >= 15 is 0 Å². The second-order valence-electron chi connectivity index (χ2n) is 2.72. The predicted octanol–water partition coefficient (Wildman–Crippen LogP) is 3.11. The lowest BCUT2D eigenvalue weighted by Gasteiger charge is -2.16. The quantitative estimate of drug-likeness (QED) is 0.623. The molecule has 0 aromatic rings. The fourth-order valence-electron chi connectivity index (χ4n) is 1.01. The molecule has 0 radical (unpaired) electrons. The van der Waals surface area contributed by atoms with Crippen LogP contribution in [0.15, 0.2) is 0 Å². The van der Waals surface area contributed by atoms with Crippen molar-refractivity contribution in [1.82, 2.24) is 0 Å². The summed E-state index contributed by atoms with van der Waals surface area (Å²) in [5, 5.41) is 0.451. The van der Waals surface area contributed by atoms with Crippen molar-refractivity contribution < 1.29 is 13.2 Å². The van der Waals surface area contributed by atoms with E-state index < -0.39 is 11.6 Å². The predicted molar refractivity (Wildman–Crippen MR) is 36.1 cm³/mol. The Balaban J connectivity index is 2.52. The molecule has 0 aromatic carbocycles. The monoisotopic (exact) mass is 216 g/mol. The van der Waals surface area contributed by atoms with Crippen LogP contribution in [-0.4, -0.2) is 11.5 Å². The SMILES string of the molecule is FC(F)(F)C1(CCBr)CC1. The maximum absolute atomic E-state index is 12.1. The van der Waals surface area contributed by atoms with Crippen LogP contribution in [0, 0.1) is 5.41 Å². The highest BCUT2D eigenvalue weighted by Gasteiger charge is 2.62. The molecule has 1 aliphatic rings. The minimum Gasteiger partial charge on any atom is -0.171 e. The highest BCUT2D eigenvalue weighted by molar-refractivity contribution is 9.09. The summed E-state index contributed by atoms with van der Waals surface area (Å²) >= 11 is 3.02. The van der Waals surface area contributed by atoms with E-state index in [1.807, 2.05) is 0 Å². The van der Waals surface area contributed by atoms with Gasteiger partial charge in [0.2, 0.25) is 0 Å². The standard InChI is InChI=1S/C6H8BrF3/c7-4-3-5(1-2-5)6(8,9)10/h1-4H2. The van der Waals surface area contributed by atoms with E-state index in [9.17, 15) is 13.2 Å². The van der Waals surface area contributed by atoms with Crippen LogP contribution in [-0.2, 0) is 0 Å². The molecule has 0 unspecified atom stereocenters. The molecule has 0 aliphatic heterocycles. The van der Waals surface area contributed by atoms with Crippen molar-refractivity contribution in [2.75, 3.05) is 5.33 Å². The Morgan fingerprint density at radius 3 is 1.90 bits per heavy atom. The molecule has 0 N–H and O–H groups in total. The second-order valence-corrected chi connectivity index (χ2v) is 3.51. The maximum atomic E-state index is 12.1. The number of rotatable bonds is 2. The van der Waals surface area contributed by atoms with E-state index in [0.717, 1.165) is 0 Å². The summed E-state index contributed by atoms with van der Waals surface area (Å²) < 4.78 is 36.2. The van der Waals surface area contributed by atoms with E-state index in [1.165, 1.54) is 0 Å². The van der Waals surface area contributed by atoms with Crippen molar-refractivity contribution in [2.24, 2.45) is 5.41 Å². The first-order valence-corrected chi connectivity index (χ1v) is 4.27. The van der Waals surface area contributed by atoms with Gasteiger partial charge in [-0.25, -0.2) is 0 Å². The molecule has 60 valence electrons. The Labute approximate surface area is 65.9 Å². The van der Waals surface area contributed by atoms with Crippen molar-refractivity contribution in [3.05, 3.63) is 0 Å². The van der Waals surface area contributed by atoms with E-state index in [4.69, 9.17) is 0 Å². The number of alkyl halides is 4. The van der Waals surface area contributed by atoms with Gasteiger partial charge in [-0.05, 0) is 19.3 Å². The normalized spacial score (nSPS) is 22.8. The topological polar surface area (TPSA) is 0 Å². The zero-order valence-corrected chi connectivity index (χ0v) is 6.93. The van der Waals surface area contributed by atoms with Gasteiger partial charge in [-0.1, -0.05) is 15.9 Å². The van der Waals surface area contributed by atoms with Crippen molar-refractivity contribution in [3.63, 3.8) is 0 Å². The van der Waals surface area contributed by atoms with Crippen LogP contribution in [0.1, 0.15) is 19.3 Å². The molecule has 0 amide bonds. The molecule has 1 fully saturated rings. The molecule has 0 spiro atoms. The molecule has 10 heavy (non-hydrogen) atoms. The Morgan fingerprint density at radius 1 is 1.30 bits per heavy atom. The summed E-state index contributed by atoms with van der Waals surface area (Å²) in [6.07, 6.45) is -3.10. The van der Waals surface area contributed by atoms with E-state index in [-0.39, 0.29) is 6.42 Å². The Hall–Kier alpha value is 0.270. The number of hydrogen-bond acceptors (Lipinski definition) is 0. The smallest absolute Gasteiger partial charge is 0.171 e. The average Bonchev–Trinajstić information content (AvgIpc) is 2.45. The summed E-state index contributed by atoms with van der Waals surface area (Å²) in [4.78, 5) is 0. The summed E-state index contributed by atoms with van der Waals surface area (Å²) in [6, 6.07) is 0. The molecule has 1 rings (SSSR count). The van der Waals surface area contributed by atoms with Gasteiger partial charge in [-0.2, -0.15) is 13.2 Å². The average molecular weight is 217 g/mol. The minimum absolute atomic E-state index is 0.233. The van der Waals surface area contributed by atoms with E-state index in [1.54, 1.807) is 0 Å². The lowest BCUT2D eigenvalue weighted by atomic mass is 10.0. The Bertz CT molecular complexity index is 125. The molecule has 4 heteroatoms. The first-order chi connectivity index (χ1) is 4.52. The summed E-state index contributed by atoms with van der Waals surface area (Å²) in [7, 11) is 0. The Kier molecular flexibility index (Phi) is 2.00. The van der Waals surface area contributed by atoms with Gasteiger partial charge in [0.1, 0.15) is 0 Å². The van der Waals surface area contributed by atoms with Crippen LogP contribution in [0.4, 0.5) is 13.2 Å². The lowest BCUT2D eigenvalue weighted by Crippen LogP contribution is -2.24. The van der Waals surface area contributed by atoms with Crippen molar-refractivity contribution in [2.45, 2.75) is 25.4 Å². The van der Waals surface area contributed by atoms with Crippen molar-refractivity contribution in [1.29, 1.82) is 0 Å². The minimum atomic E-state index is -3.97. The van der Waals surface area contributed by atoms with Crippen LogP contribution in [0.25, 0.3) is 0 Å². The van der Waals surface area contributed by atoms with Gasteiger partial charge >= 0.3 is 6.18 Å². The van der Waals surface area contributed by atoms with Gasteiger partial charge in [0.05, 0.1) is 5.41 Å². The van der Waals surface area contributed by atoms with Gasteiger partial charge in [0.15, 0.2) is 0 Å². The van der Waals surface area contributed by atoms with Crippen LogP contribution < -0.4 is 0 Å². The summed E-state index contributed by atoms with van der Waals surface area (Å²) in [5.41, 5.74) is -1.31. The molecule has 1 saturated carbocycles. The summed E-state index contributed by atoms with van der Waals surface area (Å²) in [6.45, 7) is 0. The van der Waals surface area contributed by atoms with Crippen LogP contribution >= 0.6 is 15.9 Å². The van der Waals surface area contributed by atoms with Gasteiger partial charge < -0.3 is 0 Å². The third-order valence-electron chi connectivity index (χ3n) is 2.03. The highest BCUT2D eigenvalue weighted by Crippen LogP contribution is 2.60. The highest BCUT2D eigenvalue weighted by atomic mass is 79.9. The Morgan fingerprint density at radius 2 is 1.80 bits per heavy atom. The largest absolute Gasteiger partial charge is 0.394 e. The van der Waals surface area contributed by atoms with E-state index in [0.29, 0.717) is 18.2 Å². The lowest BCUT2D eigenvalue weighted by molar-refractivity contribution is -0.187. The zero-order chi connectivity index (χ0) is 7.83.